The normalized spacial score (nSPS) is 15.5. The van der Waals surface area contributed by atoms with Crippen molar-refractivity contribution in [1.82, 2.24) is 24.6 Å². The maximum absolute atomic E-state index is 6.16. The molecule has 1 fully saturated rings. The van der Waals surface area contributed by atoms with Crippen molar-refractivity contribution in [3.05, 3.63) is 41.3 Å². The van der Waals surface area contributed by atoms with Gasteiger partial charge in [-0.2, -0.15) is 5.10 Å². The second-order valence-corrected chi connectivity index (χ2v) is 6.76. The summed E-state index contributed by atoms with van der Waals surface area (Å²) < 4.78 is 7.19. The average molecular weight is 373 g/mol. The Morgan fingerprint density at radius 3 is 2.92 bits per heavy atom. The second kappa shape index (κ2) is 7.57. The van der Waals surface area contributed by atoms with Gasteiger partial charge >= 0.3 is 0 Å². The fourth-order valence-electron chi connectivity index (χ4n) is 3.13. The maximum atomic E-state index is 6.16. The fraction of sp³-hybridized carbons (Fsp3) is 0.389. The summed E-state index contributed by atoms with van der Waals surface area (Å²) in [7, 11) is 0. The summed E-state index contributed by atoms with van der Waals surface area (Å²) in [6, 6.07) is 5.75. The topological polar surface area (TPSA) is 68.1 Å². The Bertz CT molecular complexity index is 906. The minimum Gasteiger partial charge on any atom is -0.379 e. The van der Waals surface area contributed by atoms with Crippen molar-refractivity contribution in [3.63, 3.8) is 0 Å². The van der Waals surface area contributed by atoms with Crippen LogP contribution in [0.25, 0.3) is 16.7 Å². The third kappa shape index (κ3) is 3.51. The molecule has 0 unspecified atom stereocenters. The molecule has 1 aromatic carbocycles. The number of ether oxygens (including phenoxy) is 1. The van der Waals surface area contributed by atoms with Gasteiger partial charge in [0.2, 0.25) is 0 Å². The molecule has 0 atom stereocenters. The van der Waals surface area contributed by atoms with Crippen molar-refractivity contribution < 1.29 is 4.74 Å². The molecule has 0 radical (unpaired) electrons. The van der Waals surface area contributed by atoms with E-state index in [1.54, 1.807) is 12.5 Å². The summed E-state index contributed by atoms with van der Waals surface area (Å²) in [5, 5.41) is 9.50. The van der Waals surface area contributed by atoms with Gasteiger partial charge in [-0.05, 0) is 24.6 Å². The Hall–Kier alpha value is -2.22. The zero-order valence-corrected chi connectivity index (χ0v) is 15.4. The van der Waals surface area contributed by atoms with Crippen molar-refractivity contribution in [1.29, 1.82) is 0 Å². The lowest BCUT2D eigenvalue weighted by Crippen LogP contribution is -2.39. The highest BCUT2D eigenvalue weighted by Gasteiger charge is 2.14. The van der Waals surface area contributed by atoms with Crippen molar-refractivity contribution in [2.75, 3.05) is 44.7 Å². The first kappa shape index (κ1) is 17.2. The number of aryl methyl sites for hydroxylation is 1. The van der Waals surface area contributed by atoms with Crippen molar-refractivity contribution in [2.24, 2.45) is 0 Å². The van der Waals surface area contributed by atoms with E-state index in [0.717, 1.165) is 67.5 Å². The molecule has 136 valence electrons. The maximum Gasteiger partial charge on any atom is 0.168 e. The number of nitrogens with zero attached hydrogens (tertiary/aromatic N) is 5. The molecule has 3 aromatic rings. The van der Waals surface area contributed by atoms with Gasteiger partial charge in [-0.1, -0.05) is 17.7 Å². The van der Waals surface area contributed by atoms with E-state index in [0.29, 0.717) is 5.02 Å². The van der Waals surface area contributed by atoms with Gasteiger partial charge in [0.1, 0.15) is 12.1 Å². The molecule has 0 spiro atoms. The molecule has 0 saturated carbocycles. The molecule has 7 nitrogen and oxygen atoms in total. The molecule has 4 rings (SSSR count). The first-order valence-corrected chi connectivity index (χ1v) is 9.09. The van der Waals surface area contributed by atoms with Crippen LogP contribution in [0.15, 0.2) is 30.7 Å². The minimum absolute atomic E-state index is 0.673. The first-order chi connectivity index (χ1) is 12.7. The van der Waals surface area contributed by atoms with Crippen LogP contribution < -0.4 is 5.32 Å². The van der Waals surface area contributed by atoms with Gasteiger partial charge in [0.05, 0.1) is 30.5 Å². The van der Waals surface area contributed by atoms with E-state index < -0.39 is 0 Å². The third-order valence-corrected chi connectivity index (χ3v) is 4.82. The van der Waals surface area contributed by atoms with E-state index in [1.807, 2.05) is 29.8 Å². The highest BCUT2D eigenvalue weighted by Crippen LogP contribution is 2.25. The number of anilines is 1. The van der Waals surface area contributed by atoms with Gasteiger partial charge in [0.15, 0.2) is 5.65 Å². The summed E-state index contributed by atoms with van der Waals surface area (Å²) in [6.07, 6.45) is 3.37. The van der Waals surface area contributed by atoms with Crippen LogP contribution >= 0.6 is 11.6 Å². The standard InChI is InChI=1S/C18H21ClN6O/c1-13-2-3-14(19)10-16(13)25-18-15(11-23-25)17(21-12-22-18)20-4-5-24-6-8-26-9-7-24/h2-3,10-12H,4-9H2,1H3,(H,20,21,22). The lowest BCUT2D eigenvalue weighted by molar-refractivity contribution is 0.0398. The number of rotatable bonds is 5. The molecule has 1 aliphatic heterocycles. The Balaban J connectivity index is 1.56. The van der Waals surface area contributed by atoms with Crippen LogP contribution in [0.5, 0.6) is 0 Å². The Kier molecular flexibility index (Phi) is 5.01. The largest absolute Gasteiger partial charge is 0.379 e. The number of hydrogen-bond acceptors (Lipinski definition) is 6. The van der Waals surface area contributed by atoms with Gasteiger partial charge in [-0.15, -0.1) is 0 Å². The molecule has 1 saturated heterocycles. The van der Waals surface area contributed by atoms with Crippen LogP contribution in [0, 0.1) is 6.92 Å². The van der Waals surface area contributed by atoms with Crippen LogP contribution in [0.3, 0.4) is 0 Å². The number of hydrogen-bond donors (Lipinski definition) is 1. The van der Waals surface area contributed by atoms with Crippen LogP contribution in [0.2, 0.25) is 5.02 Å². The van der Waals surface area contributed by atoms with Gasteiger partial charge in [-0.25, -0.2) is 14.6 Å². The zero-order valence-electron chi connectivity index (χ0n) is 14.7. The number of benzene rings is 1. The number of fused-ring (bicyclic) bond motifs is 1. The molecular weight excluding hydrogens is 352 g/mol. The zero-order chi connectivity index (χ0) is 17.9. The highest BCUT2D eigenvalue weighted by molar-refractivity contribution is 6.30. The fourth-order valence-corrected chi connectivity index (χ4v) is 3.30. The summed E-state index contributed by atoms with van der Waals surface area (Å²) in [4.78, 5) is 11.2. The average Bonchev–Trinajstić information content (AvgIpc) is 3.09. The van der Waals surface area contributed by atoms with Crippen LogP contribution in [-0.2, 0) is 4.74 Å². The summed E-state index contributed by atoms with van der Waals surface area (Å²) >= 11 is 6.16. The van der Waals surface area contributed by atoms with Crippen molar-refractivity contribution >= 4 is 28.5 Å². The van der Waals surface area contributed by atoms with E-state index in [2.05, 4.69) is 25.3 Å². The summed E-state index contributed by atoms with van der Waals surface area (Å²) in [5.74, 6) is 0.800. The third-order valence-electron chi connectivity index (χ3n) is 4.59. The second-order valence-electron chi connectivity index (χ2n) is 6.33. The van der Waals surface area contributed by atoms with Gasteiger partial charge < -0.3 is 10.1 Å². The van der Waals surface area contributed by atoms with Gasteiger partial charge in [-0.3, -0.25) is 4.90 Å². The monoisotopic (exact) mass is 372 g/mol. The van der Waals surface area contributed by atoms with Crippen molar-refractivity contribution in [2.45, 2.75) is 6.92 Å². The molecule has 8 heteroatoms. The molecule has 0 aliphatic carbocycles. The first-order valence-electron chi connectivity index (χ1n) is 8.71. The number of aromatic nitrogens is 4. The summed E-state index contributed by atoms with van der Waals surface area (Å²) in [6.45, 7) is 7.37. The highest BCUT2D eigenvalue weighted by atomic mass is 35.5. The van der Waals surface area contributed by atoms with Crippen LogP contribution in [0.1, 0.15) is 5.56 Å². The lowest BCUT2D eigenvalue weighted by Gasteiger charge is -2.26. The molecule has 3 heterocycles. The summed E-state index contributed by atoms with van der Waals surface area (Å²) in [5.41, 5.74) is 2.77. The Morgan fingerprint density at radius 1 is 1.23 bits per heavy atom. The number of nitrogens with one attached hydrogen (secondary N) is 1. The predicted octanol–water partition coefficient (Wildman–Crippen LogP) is 2.52. The molecule has 1 N–H and O–H groups in total. The predicted molar refractivity (Wildman–Crippen MR) is 102 cm³/mol. The molecule has 26 heavy (non-hydrogen) atoms. The molecular formula is C18H21ClN6O. The van der Waals surface area contributed by atoms with E-state index in [-0.39, 0.29) is 0 Å². The smallest absolute Gasteiger partial charge is 0.168 e. The van der Waals surface area contributed by atoms with Crippen molar-refractivity contribution in [3.8, 4) is 5.69 Å². The van der Waals surface area contributed by atoms with Gasteiger partial charge in [0, 0.05) is 31.2 Å². The molecule has 2 aromatic heterocycles. The lowest BCUT2D eigenvalue weighted by atomic mass is 10.2. The SMILES string of the molecule is Cc1ccc(Cl)cc1-n1ncc2c(NCCN3CCOCC3)ncnc21. The van der Waals surface area contributed by atoms with Crippen LogP contribution in [-0.4, -0.2) is 64.0 Å². The minimum atomic E-state index is 0.673. The van der Waals surface area contributed by atoms with Crippen LogP contribution in [0.4, 0.5) is 5.82 Å². The Morgan fingerprint density at radius 2 is 2.08 bits per heavy atom. The molecule has 1 aliphatic rings. The quantitative estimate of drug-likeness (QED) is 0.742. The van der Waals surface area contributed by atoms with E-state index in [4.69, 9.17) is 16.3 Å². The van der Waals surface area contributed by atoms with E-state index in [9.17, 15) is 0 Å². The van der Waals surface area contributed by atoms with E-state index >= 15 is 0 Å². The van der Waals surface area contributed by atoms with Gasteiger partial charge in [0.25, 0.3) is 0 Å². The molecule has 0 amide bonds. The number of halogens is 1. The molecule has 0 bridgehead atoms. The number of morpholine rings is 1. The Labute approximate surface area is 156 Å². The van der Waals surface area contributed by atoms with E-state index in [1.165, 1.54) is 0 Å².